The minimum atomic E-state index is -7.55. The standard InChI is InChI=1S/C10H3F17O3/c1-2(11,12)3(13,6(16,17)18)29-10(27)5(15,8(22,23)24)28-9(25,26)4(14,30-10)7(19,20)21/h1H3. The Morgan fingerprint density at radius 1 is 0.600 bits per heavy atom. The van der Waals surface area contributed by atoms with Crippen LogP contribution in [-0.4, -0.2) is 54.2 Å². The summed E-state index contributed by atoms with van der Waals surface area (Å²) in [7, 11) is 0. The molecule has 0 amide bonds. The number of ether oxygens (including phenoxy) is 3. The zero-order valence-electron chi connectivity index (χ0n) is 13.2. The monoisotopic (exact) mass is 494 g/mol. The van der Waals surface area contributed by atoms with Crippen LogP contribution < -0.4 is 0 Å². The summed E-state index contributed by atoms with van der Waals surface area (Å²) in [6.07, 6.45) is -29.6. The average molecular weight is 494 g/mol. The molecule has 30 heavy (non-hydrogen) atoms. The summed E-state index contributed by atoms with van der Waals surface area (Å²) in [6.45, 7) is -1.21. The van der Waals surface area contributed by atoms with E-state index in [1.165, 1.54) is 0 Å². The minimum absolute atomic E-state index is 1.21. The van der Waals surface area contributed by atoms with Crippen LogP contribution >= 0.6 is 0 Å². The maximum atomic E-state index is 14.2. The van der Waals surface area contributed by atoms with Gasteiger partial charge in [-0.25, -0.2) is 8.78 Å². The molecule has 1 aliphatic heterocycles. The molecule has 1 aliphatic rings. The smallest absolute Gasteiger partial charge is 0.268 e. The van der Waals surface area contributed by atoms with Crippen LogP contribution in [0.5, 0.6) is 0 Å². The van der Waals surface area contributed by atoms with E-state index in [2.05, 4.69) is 0 Å². The molecule has 0 spiro atoms. The number of halogens is 17. The molecule has 0 aromatic heterocycles. The number of rotatable bonds is 3. The van der Waals surface area contributed by atoms with Gasteiger partial charge in [-0.15, -0.1) is 0 Å². The van der Waals surface area contributed by atoms with Crippen LogP contribution in [0.2, 0.25) is 0 Å². The van der Waals surface area contributed by atoms with Crippen molar-refractivity contribution in [3.05, 3.63) is 0 Å². The molecular formula is C10H3F17O3. The molecular weight excluding hydrogens is 491 g/mol. The van der Waals surface area contributed by atoms with Crippen LogP contribution in [0.4, 0.5) is 74.6 Å². The van der Waals surface area contributed by atoms with Gasteiger partial charge in [0.15, 0.2) is 0 Å². The molecule has 1 fully saturated rings. The topological polar surface area (TPSA) is 27.7 Å². The van der Waals surface area contributed by atoms with Gasteiger partial charge in [-0.3, -0.25) is 14.2 Å². The molecule has 0 saturated carbocycles. The SMILES string of the molecule is CC(F)(F)C(F)(OC1(F)OC(F)(C(F)(F)F)C(F)(F)OC1(F)C(F)(F)F)C(F)(F)F. The summed E-state index contributed by atoms with van der Waals surface area (Å²) in [5, 5.41) is 0. The van der Waals surface area contributed by atoms with Crippen molar-refractivity contribution < 1.29 is 88.8 Å². The highest BCUT2D eigenvalue weighted by Crippen LogP contribution is 2.63. The molecule has 4 atom stereocenters. The Hall–Kier alpha value is -1.31. The first-order valence-electron chi connectivity index (χ1n) is 6.44. The summed E-state index contributed by atoms with van der Waals surface area (Å²) in [5.41, 5.74) is 0. The molecule has 0 aromatic carbocycles. The van der Waals surface area contributed by atoms with Crippen molar-refractivity contribution in [3.8, 4) is 0 Å². The summed E-state index contributed by atoms with van der Waals surface area (Å²) < 4.78 is 226. The predicted octanol–water partition coefficient (Wildman–Crippen LogP) is 5.61. The summed E-state index contributed by atoms with van der Waals surface area (Å²) in [4.78, 5) is 0. The van der Waals surface area contributed by atoms with Gasteiger partial charge in [-0.1, -0.05) is 0 Å². The molecule has 180 valence electrons. The second kappa shape index (κ2) is 6.36. The van der Waals surface area contributed by atoms with Gasteiger partial charge in [-0.2, -0.15) is 65.9 Å². The quantitative estimate of drug-likeness (QED) is 0.478. The largest absolute Gasteiger partial charge is 0.458 e. The lowest BCUT2D eigenvalue weighted by molar-refractivity contribution is -0.652. The highest BCUT2D eigenvalue weighted by atomic mass is 19.4. The van der Waals surface area contributed by atoms with Crippen molar-refractivity contribution in [2.24, 2.45) is 0 Å². The van der Waals surface area contributed by atoms with Crippen LogP contribution in [0.1, 0.15) is 6.92 Å². The van der Waals surface area contributed by atoms with Crippen LogP contribution in [0, 0.1) is 0 Å². The van der Waals surface area contributed by atoms with E-state index in [1.807, 2.05) is 9.47 Å². The molecule has 0 aliphatic carbocycles. The highest BCUT2D eigenvalue weighted by Gasteiger charge is 2.92. The van der Waals surface area contributed by atoms with Gasteiger partial charge >= 0.3 is 54.2 Å². The number of hydrogen-bond donors (Lipinski definition) is 0. The third-order valence-electron chi connectivity index (χ3n) is 3.23. The molecule has 0 radical (unpaired) electrons. The molecule has 0 aromatic rings. The van der Waals surface area contributed by atoms with Gasteiger partial charge in [0, 0.05) is 6.92 Å². The van der Waals surface area contributed by atoms with Crippen molar-refractivity contribution in [1.29, 1.82) is 0 Å². The molecule has 1 heterocycles. The van der Waals surface area contributed by atoms with E-state index in [4.69, 9.17) is 0 Å². The van der Waals surface area contributed by atoms with E-state index in [0.717, 1.165) is 0 Å². The Kier molecular flexibility index (Phi) is 5.67. The van der Waals surface area contributed by atoms with Crippen molar-refractivity contribution >= 4 is 0 Å². The van der Waals surface area contributed by atoms with Crippen LogP contribution in [-0.2, 0) is 14.2 Å². The average Bonchev–Trinajstić information content (AvgIpc) is 2.39. The molecule has 0 bridgehead atoms. The molecule has 3 nitrogen and oxygen atoms in total. The van der Waals surface area contributed by atoms with Crippen molar-refractivity contribution in [1.82, 2.24) is 0 Å². The van der Waals surface area contributed by atoms with Crippen LogP contribution in [0.3, 0.4) is 0 Å². The van der Waals surface area contributed by atoms with Gasteiger partial charge in [-0.05, 0) is 0 Å². The maximum Gasteiger partial charge on any atom is 0.458 e. The van der Waals surface area contributed by atoms with Crippen molar-refractivity contribution in [3.63, 3.8) is 0 Å². The van der Waals surface area contributed by atoms with E-state index in [1.54, 1.807) is 4.74 Å². The van der Waals surface area contributed by atoms with E-state index in [-0.39, 0.29) is 0 Å². The molecule has 4 unspecified atom stereocenters. The van der Waals surface area contributed by atoms with E-state index >= 15 is 0 Å². The fraction of sp³-hybridized carbons (Fsp3) is 1.00. The van der Waals surface area contributed by atoms with Gasteiger partial charge in [0.1, 0.15) is 0 Å². The normalized spacial score (nSPS) is 35.8. The van der Waals surface area contributed by atoms with Gasteiger partial charge < -0.3 is 0 Å². The minimum Gasteiger partial charge on any atom is -0.268 e. The predicted molar refractivity (Wildman–Crippen MR) is 52.3 cm³/mol. The fourth-order valence-electron chi connectivity index (χ4n) is 1.72. The lowest BCUT2D eigenvalue weighted by atomic mass is 10.1. The van der Waals surface area contributed by atoms with E-state index in [9.17, 15) is 74.6 Å². The molecule has 20 heteroatoms. The fourth-order valence-corrected chi connectivity index (χ4v) is 1.72. The van der Waals surface area contributed by atoms with Gasteiger partial charge in [0.05, 0.1) is 0 Å². The lowest BCUT2D eigenvalue weighted by Gasteiger charge is -2.51. The first kappa shape index (κ1) is 26.7. The molecule has 0 N–H and O–H groups in total. The lowest BCUT2D eigenvalue weighted by Crippen LogP contribution is -2.78. The zero-order valence-corrected chi connectivity index (χ0v) is 13.2. The third-order valence-corrected chi connectivity index (χ3v) is 3.23. The molecule has 1 rings (SSSR count). The van der Waals surface area contributed by atoms with Crippen molar-refractivity contribution in [2.45, 2.75) is 61.1 Å². The Morgan fingerprint density at radius 3 is 1.23 bits per heavy atom. The summed E-state index contributed by atoms with van der Waals surface area (Å²) in [5.74, 6) is -28.2. The third kappa shape index (κ3) is 3.53. The second-order valence-corrected chi connectivity index (χ2v) is 5.53. The molecule has 1 saturated heterocycles. The number of alkyl halides is 17. The maximum absolute atomic E-state index is 14.2. The van der Waals surface area contributed by atoms with E-state index < -0.39 is 61.1 Å². The summed E-state index contributed by atoms with van der Waals surface area (Å²) >= 11 is 0. The van der Waals surface area contributed by atoms with Crippen molar-refractivity contribution in [2.75, 3.05) is 0 Å². The highest BCUT2D eigenvalue weighted by molar-refractivity contribution is 5.03. The van der Waals surface area contributed by atoms with Gasteiger partial charge in [0.2, 0.25) is 0 Å². The second-order valence-electron chi connectivity index (χ2n) is 5.53. The van der Waals surface area contributed by atoms with E-state index in [0.29, 0.717) is 0 Å². The Bertz CT molecular complexity index is 647. The summed E-state index contributed by atoms with van der Waals surface area (Å²) in [6, 6.07) is -7.40. The zero-order chi connectivity index (χ0) is 24.6. The Morgan fingerprint density at radius 2 is 0.967 bits per heavy atom. The number of hydrogen-bond acceptors (Lipinski definition) is 3. The Labute approximate surface area is 151 Å². The van der Waals surface area contributed by atoms with Crippen LogP contribution in [0.15, 0.2) is 0 Å². The first-order chi connectivity index (χ1) is 12.6. The first-order valence-corrected chi connectivity index (χ1v) is 6.44. The van der Waals surface area contributed by atoms with Gasteiger partial charge in [0.25, 0.3) is 0 Å². The van der Waals surface area contributed by atoms with Crippen LogP contribution in [0.25, 0.3) is 0 Å². The Balaban J connectivity index is 3.86.